The number of aromatic nitrogens is 1. The van der Waals surface area contributed by atoms with E-state index in [2.05, 4.69) is 15.6 Å². The first-order chi connectivity index (χ1) is 15.9. The van der Waals surface area contributed by atoms with Crippen molar-refractivity contribution < 1.29 is 27.8 Å². The predicted molar refractivity (Wildman–Crippen MR) is 116 cm³/mol. The van der Waals surface area contributed by atoms with Crippen molar-refractivity contribution in [1.29, 1.82) is 0 Å². The number of rotatable bonds is 6. The van der Waals surface area contributed by atoms with Gasteiger partial charge >= 0.3 is 0 Å². The fourth-order valence-electron chi connectivity index (χ4n) is 3.46. The lowest BCUT2D eigenvalue weighted by atomic mass is 9.97. The van der Waals surface area contributed by atoms with Crippen LogP contribution in [0.2, 0.25) is 0 Å². The molecule has 1 atom stereocenters. The molecule has 0 saturated heterocycles. The molecule has 3 aromatic rings. The van der Waals surface area contributed by atoms with Gasteiger partial charge < -0.3 is 20.1 Å². The van der Waals surface area contributed by atoms with Crippen molar-refractivity contribution in [2.24, 2.45) is 0 Å². The van der Waals surface area contributed by atoms with E-state index in [4.69, 9.17) is 9.47 Å². The van der Waals surface area contributed by atoms with Crippen molar-refractivity contribution in [2.75, 3.05) is 11.9 Å². The topological polar surface area (TPSA) is 89.6 Å². The number of halogens is 2. The Morgan fingerprint density at radius 1 is 1.15 bits per heavy atom. The van der Waals surface area contributed by atoms with Crippen molar-refractivity contribution in [2.45, 2.75) is 25.9 Å². The maximum Gasteiger partial charge on any atom is 0.243 e. The second-order valence-electron chi connectivity index (χ2n) is 7.53. The molecule has 2 amide bonds. The lowest BCUT2D eigenvalue weighted by molar-refractivity contribution is -0.122. The molecule has 1 aromatic heterocycles. The second-order valence-corrected chi connectivity index (χ2v) is 7.53. The normalized spacial score (nSPS) is 14.6. The number of amides is 2. The molecule has 0 bridgehead atoms. The fraction of sp³-hybridized carbons (Fsp3) is 0.208. The van der Waals surface area contributed by atoms with E-state index in [1.54, 1.807) is 24.3 Å². The molecule has 0 radical (unpaired) electrons. The molecule has 7 nitrogen and oxygen atoms in total. The third kappa shape index (κ3) is 5.62. The van der Waals surface area contributed by atoms with Gasteiger partial charge in [0.05, 0.1) is 18.4 Å². The van der Waals surface area contributed by atoms with Crippen LogP contribution < -0.4 is 20.1 Å². The van der Waals surface area contributed by atoms with E-state index < -0.39 is 17.7 Å². The number of pyridine rings is 1. The zero-order valence-corrected chi connectivity index (χ0v) is 17.7. The maximum absolute atomic E-state index is 14.1. The minimum absolute atomic E-state index is 0.126. The number of hydrogen-bond donors (Lipinski definition) is 2. The van der Waals surface area contributed by atoms with Crippen LogP contribution in [0.25, 0.3) is 0 Å². The van der Waals surface area contributed by atoms with Gasteiger partial charge in [-0.2, -0.15) is 0 Å². The number of fused-ring (bicyclic) bond motifs is 1. The molecule has 2 aromatic carbocycles. The third-order valence-electron chi connectivity index (χ3n) is 5.03. The van der Waals surface area contributed by atoms with E-state index in [1.165, 1.54) is 25.3 Å². The molecule has 1 aliphatic rings. The summed E-state index contributed by atoms with van der Waals surface area (Å²) in [5, 5.41) is 5.03. The number of carbonyl (C=O) groups is 2. The highest BCUT2D eigenvalue weighted by Gasteiger charge is 2.24. The first kappa shape index (κ1) is 22.2. The van der Waals surface area contributed by atoms with Crippen LogP contribution in [0.5, 0.6) is 17.4 Å². The number of nitrogens with one attached hydrogen (secondary N) is 2. The number of hydrogen-bond acceptors (Lipinski definition) is 5. The van der Waals surface area contributed by atoms with Gasteiger partial charge in [-0.25, -0.2) is 13.8 Å². The number of nitrogens with zero attached hydrogens (tertiary/aromatic N) is 1. The van der Waals surface area contributed by atoms with Gasteiger partial charge in [-0.1, -0.05) is 0 Å². The molecule has 0 spiro atoms. The Bertz CT molecular complexity index is 1180. The van der Waals surface area contributed by atoms with Crippen LogP contribution in [0.4, 0.5) is 14.5 Å². The summed E-state index contributed by atoms with van der Waals surface area (Å²) in [6.07, 6.45) is 2.15. The first-order valence-corrected chi connectivity index (χ1v) is 10.3. The van der Waals surface area contributed by atoms with Gasteiger partial charge in [0.25, 0.3) is 0 Å². The highest BCUT2D eigenvalue weighted by molar-refractivity contribution is 5.94. The lowest BCUT2D eigenvalue weighted by Crippen LogP contribution is -2.31. The molecule has 9 heteroatoms. The van der Waals surface area contributed by atoms with Gasteiger partial charge in [-0.05, 0) is 54.8 Å². The smallest absolute Gasteiger partial charge is 0.243 e. The third-order valence-corrected chi connectivity index (χ3v) is 5.03. The zero-order valence-electron chi connectivity index (χ0n) is 17.7. The molecule has 2 heterocycles. The summed E-state index contributed by atoms with van der Waals surface area (Å²) in [5.74, 6) is -0.397. The van der Waals surface area contributed by atoms with E-state index in [0.29, 0.717) is 41.5 Å². The minimum atomic E-state index is -0.622. The highest BCUT2D eigenvalue weighted by Crippen LogP contribution is 2.38. The number of carbonyl (C=O) groups excluding carboxylic acids is 2. The van der Waals surface area contributed by atoms with Crippen molar-refractivity contribution in [3.63, 3.8) is 0 Å². The molecule has 1 aliphatic heterocycles. The Morgan fingerprint density at radius 2 is 2.00 bits per heavy atom. The van der Waals surface area contributed by atoms with Crippen LogP contribution in [0, 0.1) is 11.6 Å². The van der Waals surface area contributed by atoms with Crippen LogP contribution in [0.3, 0.4) is 0 Å². The summed E-state index contributed by atoms with van der Waals surface area (Å²) in [5.41, 5.74) is 1.71. The van der Waals surface area contributed by atoms with E-state index >= 15 is 0 Å². The molecule has 4 rings (SSSR count). The molecular weight excluding hydrogens is 432 g/mol. The monoisotopic (exact) mass is 453 g/mol. The zero-order chi connectivity index (χ0) is 23.4. The predicted octanol–water partition coefficient (Wildman–Crippen LogP) is 4.29. The van der Waals surface area contributed by atoms with E-state index in [9.17, 15) is 18.4 Å². The number of benzene rings is 2. The Balaban J connectivity index is 1.38. The number of ether oxygens (including phenoxy) is 2. The molecule has 0 saturated carbocycles. The largest absolute Gasteiger partial charge is 0.485 e. The summed E-state index contributed by atoms with van der Waals surface area (Å²) in [7, 11) is 0. The van der Waals surface area contributed by atoms with Crippen LogP contribution in [-0.2, 0) is 16.0 Å². The van der Waals surface area contributed by atoms with Crippen LogP contribution in [0.1, 0.15) is 30.6 Å². The number of anilines is 1. The minimum Gasteiger partial charge on any atom is -0.485 e. The molecule has 0 aliphatic carbocycles. The standard InChI is InChI=1S/C24H21F2N3O4/c1-14(30)27-13-23(31)29-17-4-9-24(28-12-17)32-18-5-8-21-15(10-18)2-7-22(33-21)19-6-3-16(25)11-20(19)26/h3-6,8-12,22H,2,7,13H2,1H3,(H,27,30)(H,29,31). The molecule has 0 fully saturated rings. The summed E-state index contributed by atoms with van der Waals surface area (Å²) in [4.78, 5) is 26.8. The Morgan fingerprint density at radius 3 is 2.73 bits per heavy atom. The van der Waals surface area contributed by atoms with Crippen molar-refractivity contribution >= 4 is 17.5 Å². The van der Waals surface area contributed by atoms with Crippen molar-refractivity contribution in [1.82, 2.24) is 10.3 Å². The molecule has 1 unspecified atom stereocenters. The van der Waals surface area contributed by atoms with Crippen molar-refractivity contribution in [3.8, 4) is 17.4 Å². The molecule has 33 heavy (non-hydrogen) atoms. The number of aryl methyl sites for hydroxylation is 1. The van der Waals surface area contributed by atoms with Gasteiger partial charge in [0.1, 0.15) is 29.2 Å². The van der Waals surface area contributed by atoms with Gasteiger partial charge in [0, 0.05) is 24.6 Å². The SMILES string of the molecule is CC(=O)NCC(=O)Nc1ccc(Oc2ccc3c(c2)CCC(c2ccc(F)cc2F)O3)nc1. The summed E-state index contributed by atoms with van der Waals surface area (Å²) in [6.45, 7) is 1.21. The van der Waals surface area contributed by atoms with Crippen molar-refractivity contribution in [3.05, 3.63) is 77.5 Å². The summed E-state index contributed by atoms with van der Waals surface area (Å²) in [6, 6.07) is 12.0. The van der Waals surface area contributed by atoms with E-state index in [-0.39, 0.29) is 18.4 Å². The molecule has 170 valence electrons. The maximum atomic E-state index is 14.1. The first-order valence-electron chi connectivity index (χ1n) is 10.3. The highest BCUT2D eigenvalue weighted by atomic mass is 19.1. The van der Waals surface area contributed by atoms with Gasteiger partial charge in [0.2, 0.25) is 17.7 Å². The summed E-state index contributed by atoms with van der Waals surface area (Å²) >= 11 is 0. The fourth-order valence-corrected chi connectivity index (χ4v) is 3.46. The Hall–Kier alpha value is -4.01. The van der Waals surface area contributed by atoms with E-state index in [0.717, 1.165) is 11.6 Å². The average molecular weight is 453 g/mol. The van der Waals surface area contributed by atoms with E-state index in [1.807, 2.05) is 6.07 Å². The van der Waals surface area contributed by atoms with Gasteiger partial charge in [-0.3, -0.25) is 9.59 Å². The Kier molecular flexibility index (Phi) is 6.48. The van der Waals surface area contributed by atoms with Crippen LogP contribution in [-0.4, -0.2) is 23.3 Å². The summed E-state index contributed by atoms with van der Waals surface area (Å²) < 4.78 is 39.0. The molecular formula is C24H21F2N3O4. The van der Waals surface area contributed by atoms with Crippen LogP contribution in [0.15, 0.2) is 54.7 Å². The lowest BCUT2D eigenvalue weighted by Gasteiger charge is -2.27. The van der Waals surface area contributed by atoms with Gasteiger partial charge in [0.15, 0.2) is 0 Å². The quantitative estimate of drug-likeness (QED) is 0.581. The van der Waals surface area contributed by atoms with Crippen LogP contribution >= 0.6 is 0 Å². The second kappa shape index (κ2) is 9.64. The Labute approximate surface area is 188 Å². The average Bonchev–Trinajstić information content (AvgIpc) is 2.79. The molecule has 2 N–H and O–H groups in total. The van der Waals surface area contributed by atoms with Gasteiger partial charge in [-0.15, -0.1) is 0 Å².